The second-order valence-electron chi connectivity index (χ2n) is 9.17. The van der Waals surface area contributed by atoms with Crippen molar-refractivity contribution >= 4 is 22.9 Å². The third-order valence-electron chi connectivity index (χ3n) is 5.91. The third-order valence-corrected chi connectivity index (χ3v) is 5.91. The predicted octanol–water partition coefficient (Wildman–Crippen LogP) is 4.46. The molecule has 0 aliphatic rings. The first-order chi connectivity index (χ1) is 16.2. The Hall–Kier alpha value is -3.65. The molecule has 8 heteroatoms. The number of fused-ring (bicyclic) bond motifs is 1. The standard InChI is InChI=1S/C26H32N6O2/c1-5-21(26(3,4)34)29-25-30-23(27-14-19-13-17(2)11-12-20(19)33)22-24(31-25)32(16-28-22)15-18-9-7-6-8-10-18/h6-13,16,21,33-34H,5,14-15H2,1-4H3,(H2,27,29,30,31). The molecule has 0 amide bonds. The normalized spacial score (nSPS) is 12.6. The topological polar surface area (TPSA) is 108 Å². The quantitative estimate of drug-likeness (QED) is 0.292. The minimum Gasteiger partial charge on any atom is -0.508 e. The molecule has 34 heavy (non-hydrogen) atoms. The van der Waals surface area contributed by atoms with E-state index in [1.807, 2.05) is 48.7 Å². The van der Waals surface area contributed by atoms with Gasteiger partial charge in [0.05, 0.1) is 24.5 Å². The number of rotatable bonds is 9. The van der Waals surface area contributed by atoms with Gasteiger partial charge in [0.1, 0.15) is 5.75 Å². The predicted molar refractivity (Wildman–Crippen MR) is 135 cm³/mol. The van der Waals surface area contributed by atoms with Crippen LogP contribution in [0.2, 0.25) is 0 Å². The monoisotopic (exact) mass is 460 g/mol. The fourth-order valence-corrected chi connectivity index (χ4v) is 4.00. The number of aromatic hydroxyl groups is 1. The lowest BCUT2D eigenvalue weighted by molar-refractivity contribution is 0.0577. The third kappa shape index (κ3) is 5.28. The number of imidazole rings is 1. The highest BCUT2D eigenvalue weighted by Gasteiger charge is 2.26. The highest BCUT2D eigenvalue weighted by Crippen LogP contribution is 2.26. The largest absolute Gasteiger partial charge is 0.508 e. The Morgan fingerprint density at radius 2 is 1.85 bits per heavy atom. The zero-order valence-electron chi connectivity index (χ0n) is 20.1. The van der Waals surface area contributed by atoms with Crippen molar-refractivity contribution < 1.29 is 10.2 Å². The fourth-order valence-electron chi connectivity index (χ4n) is 4.00. The Morgan fingerprint density at radius 3 is 2.56 bits per heavy atom. The number of aromatic nitrogens is 4. The van der Waals surface area contributed by atoms with Crippen molar-refractivity contribution in [3.05, 3.63) is 71.5 Å². The fraction of sp³-hybridized carbons (Fsp3) is 0.346. The number of nitrogens with zero attached hydrogens (tertiary/aromatic N) is 4. The van der Waals surface area contributed by atoms with Crippen molar-refractivity contribution in [2.24, 2.45) is 0 Å². The molecule has 2 aromatic carbocycles. The summed E-state index contributed by atoms with van der Waals surface area (Å²) in [5.74, 6) is 1.20. The minimum atomic E-state index is -0.946. The van der Waals surface area contributed by atoms with Crippen LogP contribution in [-0.4, -0.2) is 41.4 Å². The zero-order valence-corrected chi connectivity index (χ0v) is 20.1. The number of benzene rings is 2. The molecule has 0 spiro atoms. The van der Waals surface area contributed by atoms with Gasteiger partial charge in [-0.2, -0.15) is 9.97 Å². The van der Waals surface area contributed by atoms with Gasteiger partial charge in [0.25, 0.3) is 0 Å². The highest BCUT2D eigenvalue weighted by atomic mass is 16.3. The molecule has 4 rings (SSSR count). The summed E-state index contributed by atoms with van der Waals surface area (Å²) in [5.41, 5.74) is 3.35. The lowest BCUT2D eigenvalue weighted by atomic mass is 9.97. The van der Waals surface area contributed by atoms with E-state index in [0.717, 1.165) is 16.7 Å². The van der Waals surface area contributed by atoms with Crippen molar-refractivity contribution in [1.82, 2.24) is 19.5 Å². The number of aliphatic hydroxyl groups is 1. The maximum Gasteiger partial charge on any atom is 0.227 e. The molecule has 0 aliphatic carbocycles. The van der Waals surface area contributed by atoms with Crippen LogP contribution in [0.15, 0.2) is 54.9 Å². The van der Waals surface area contributed by atoms with Gasteiger partial charge in [-0.15, -0.1) is 0 Å². The molecule has 0 fully saturated rings. The number of hydrogen-bond acceptors (Lipinski definition) is 7. The Kier molecular flexibility index (Phi) is 6.70. The lowest BCUT2D eigenvalue weighted by Gasteiger charge is -2.29. The summed E-state index contributed by atoms with van der Waals surface area (Å²) >= 11 is 0. The molecule has 0 aliphatic heterocycles. The van der Waals surface area contributed by atoms with E-state index < -0.39 is 5.60 Å². The maximum absolute atomic E-state index is 10.6. The second-order valence-corrected chi connectivity index (χ2v) is 9.17. The molecule has 4 N–H and O–H groups in total. The molecule has 4 aromatic rings. The molecule has 8 nitrogen and oxygen atoms in total. The molecule has 0 saturated carbocycles. The summed E-state index contributed by atoms with van der Waals surface area (Å²) in [6, 6.07) is 15.4. The number of phenols is 1. The van der Waals surface area contributed by atoms with Crippen LogP contribution in [0.5, 0.6) is 5.75 Å². The zero-order chi connectivity index (χ0) is 24.3. The molecule has 2 heterocycles. The molecule has 1 atom stereocenters. The summed E-state index contributed by atoms with van der Waals surface area (Å²) in [6.45, 7) is 8.54. The number of nitrogens with one attached hydrogen (secondary N) is 2. The number of anilines is 2. The number of phenolic OH excluding ortho intramolecular Hbond substituents is 1. The van der Waals surface area contributed by atoms with Gasteiger partial charge in [-0.3, -0.25) is 0 Å². The Balaban J connectivity index is 1.72. The van der Waals surface area contributed by atoms with Crippen molar-refractivity contribution in [3.63, 3.8) is 0 Å². The Labute approximate surface area is 199 Å². The molecular weight excluding hydrogens is 428 g/mol. The molecule has 2 aromatic heterocycles. The molecule has 0 saturated heterocycles. The summed E-state index contributed by atoms with van der Waals surface area (Å²) < 4.78 is 1.98. The van der Waals surface area contributed by atoms with Crippen molar-refractivity contribution in [3.8, 4) is 5.75 Å². The van der Waals surface area contributed by atoms with Gasteiger partial charge >= 0.3 is 0 Å². The van der Waals surface area contributed by atoms with Crippen LogP contribution in [0.4, 0.5) is 11.8 Å². The van der Waals surface area contributed by atoms with E-state index in [-0.39, 0.29) is 11.8 Å². The van der Waals surface area contributed by atoms with Crippen LogP contribution < -0.4 is 10.6 Å². The lowest BCUT2D eigenvalue weighted by Crippen LogP contribution is -2.41. The van der Waals surface area contributed by atoms with Crippen LogP contribution in [0.3, 0.4) is 0 Å². The van der Waals surface area contributed by atoms with Crippen molar-refractivity contribution in [2.75, 3.05) is 10.6 Å². The van der Waals surface area contributed by atoms with E-state index in [1.54, 1.807) is 26.2 Å². The Morgan fingerprint density at radius 1 is 1.09 bits per heavy atom. The van der Waals surface area contributed by atoms with E-state index >= 15 is 0 Å². The first-order valence-electron chi connectivity index (χ1n) is 11.5. The smallest absolute Gasteiger partial charge is 0.227 e. The van der Waals surface area contributed by atoms with Crippen LogP contribution in [-0.2, 0) is 13.1 Å². The highest BCUT2D eigenvalue weighted by molar-refractivity contribution is 5.84. The maximum atomic E-state index is 10.6. The van der Waals surface area contributed by atoms with E-state index in [2.05, 4.69) is 32.7 Å². The summed E-state index contributed by atoms with van der Waals surface area (Å²) in [5, 5.41) is 27.4. The van der Waals surface area contributed by atoms with E-state index in [4.69, 9.17) is 4.98 Å². The van der Waals surface area contributed by atoms with E-state index in [9.17, 15) is 10.2 Å². The molecule has 178 valence electrons. The van der Waals surface area contributed by atoms with E-state index in [1.165, 1.54) is 0 Å². The molecular formula is C26H32N6O2. The summed E-state index contributed by atoms with van der Waals surface area (Å²) in [6.07, 6.45) is 2.47. The minimum absolute atomic E-state index is 0.226. The number of aryl methyl sites for hydroxylation is 1. The van der Waals surface area contributed by atoms with E-state index in [0.29, 0.717) is 42.4 Å². The first kappa shape index (κ1) is 23.5. The Bertz CT molecular complexity index is 1260. The van der Waals surface area contributed by atoms with Gasteiger partial charge in [-0.1, -0.05) is 55.0 Å². The van der Waals surface area contributed by atoms with Gasteiger partial charge in [0.2, 0.25) is 5.95 Å². The van der Waals surface area contributed by atoms with Gasteiger partial charge in [0, 0.05) is 12.1 Å². The summed E-state index contributed by atoms with van der Waals surface area (Å²) in [4.78, 5) is 14.0. The number of hydrogen-bond donors (Lipinski definition) is 4. The van der Waals surface area contributed by atoms with Gasteiger partial charge in [-0.25, -0.2) is 4.98 Å². The van der Waals surface area contributed by atoms with Crippen LogP contribution in [0.25, 0.3) is 11.2 Å². The molecule has 0 radical (unpaired) electrons. The second kappa shape index (κ2) is 9.69. The van der Waals surface area contributed by atoms with Gasteiger partial charge in [0.15, 0.2) is 17.0 Å². The molecule has 1 unspecified atom stereocenters. The first-order valence-corrected chi connectivity index (χ1v) is 11.5. The van der Waals surface area contributed by atoms with Crippen LogP contribution in [0, 0.1) is 6.92 Å². The average molecular weight is 461 g/mol. The SMILES string of the molecule is CCC(Nc1nc(NCc2cc(C)ccc2O)c2ncn(Cc3ccccc3)c2n1)C(C)(C)O. The van der Waals surface area contributed by atoms with Crippen molar-refractivity contribution in [1.29, 1.82) is 0 Å². The summed E-state index contributed by atoms with van der Waals surface area (Å²) in [7, 11) is 0. The molecule has 0 bridgehead atoms. The van der Waals surface area contributed by atoms with Gasteiger partial charge < -0.3 is 25.4 Å². The van der Waals surface area contributed by atoms with Crippen molar-refractivity contribution in [2.45, 2.75) is 58.8 Å². The van der Waals surface area contributed by atoms with Crippen LogP contribution in [0.1, 0.15) is 43.9 Å². The van der Waals surface area contributed by atoms with Crippen LogP contribution >= 0.6 is 0 Å². The average Bonchev–Trinajstić information content (AvgIpc) is 3.20. The van der Waals surface area contributed by atoms with Gasteiger partial charge in [-0.05, 0) is 38.8 Å².